The molecule has 0 radical (unpaired) electrons. The first-order valence-corrected chi connectivity index (χ1v) is 12.0. The molecule has 0 amide bonds. The number of sulfonamides is 1. The first-order valence-electron chi connectivity index (χ1n) is 10.4. The smallest absolute Gasteiger partial charge is 0.388 e. The van der Waals surface area contributed by atoms with Crippen LogP contribution in [-0.2, 0) is 16.2 Å². The highest BCUT2D eigenvalue weighted by molar-refractivity contribution is 7.89. The van der Waals surface area contributed by atoms with E-state index < -0.39 is 21.9 Å². The zero-order valence-electron chi connectivity index (χ0n) is 18.8. The van der Waals surface area contributed by atoms with Crippen LogP contribution in [0.25, 0.3) is 28.1 Å². The third kappa shape index (κ3) is 4.86. The molecule has 11 heteroatoms. The monoisotopic (exact) mass is 501 g/mol. The van der Waals surface area contributed by atoms with Gasteiger partial charge in [-0.25, -0.2) is 18.2 Å². The van der Waals surface area contributed by atoms with Crippen molar-refractivity contribution in [1.82, 2.24) is 9.78 Å². The third-order valence-electron chi connectivity index (χ3n) is 5.47. The number of halogens is 3. The van der Waals surface area contributed by atoms with Crippen molar-refractivity contribution in [3.63, 3.8) is 0 Å². The number of anilines is 2. The summed E-state index contributed by atoms with van der Waals surface area (Å²) in [5, 5.41) is 15.1. The summed E-state index contributed by atoms with van der Waals surface area (Å²) in [5.74, 6) is 0. The van der Waals surface area contributed by atoms with Gasteiger partial charge in [0.2, 0.25) is 10.0 Å². The van der Waals surface area contributed by atoms with E-state index in [0.717, 1.165) is 11.4 Å². The van der Waals surface area contributed by atoms with Crippen molar-refractivity contribution >= 4 is 21.4 Å². The zero-order chi connectivity index (χ0) is 25.4. The maximum atomic E-state index is 14.2. The minimum atomic E-state index is -4.75. The maximum Gasteiger partial charge on any atom is 0.435 e. The SMILES string of the molecule is CNc1ccc(-c2c(C(F)(F)F)nn(-c3ccc(NC)cc3)c2-c2ccc(S(N)(=O)=O)cc2)cc1. The summed E-state index contributed by atoms with van der Waals surface area (Å²) in [5.41, 5.74) is 1.53. The van der Waals surface area contributed by atoms with Gasteiger partial charge in [0.1, 0.15) is 0 Å². The van der Waals surface area contributed by atoms with Gasteiger partial charge in [-0.1, -0.05) is 24.3 Å². The summed E-state index contributed by atoms with van der Waals surface area (Å²) >= 11 is 0. The van der Waals surface area contributed by atoms with Crippen molar-refractivity contribution < 1.29 is 21.6 Å². The summed E-state index contributed by atoms with van der Waals surface area (Å²) in [4.78, 5) is -0.151. The van der Waals surface area contributed by atoms with Crippen LogP contribution in [0.3, 0.4) is 0 Å². The predicted molar refractivity (Wildman–Crippen MR) is 130 cm³/mol. The minimum absolute atomic E-state index is 0.124. The number of benzene rings is 3. The second kappa shape index (κ2) is 9.08. The minimum Gasteiger partial charge on any atom is -0.388 e. The molecule has 4 aromatic rings. The van der Waals surface area contributed by atoms with Crippen LogP contribution in [0.2, 0.25) is 0 Å². The van der Waals surface area contributed by atoms with Gasteiger partial charge in [0, 0.05) is 36.6 Å². The van der Waals surface area contributed by atoms with E-state index in [4.69, 9.17) is 5.14 Å². The Kier molecular flexibility index (Phi) is 6.30. The Balaban J connectivity index is 2.04. The van der Waals surface area contributed by atoms with Gasteiger partial charge in [-0.05, 0) is 54.1 Å². The van der Waals surface area contributed by atoms with E-state index in [1.807, 2.05) is 0 Å². The summed E-state index contributed by atoms with van der Waals surface area (Å²) in [6.07, 6.45) is -4.75. The number of alkyl halides is 3. The molecular weight excluding hydrogens is 479 g/mol. The van der Waals surface area contributed by atoms with Crippen LogP contribution < -0.4 is 15.8 Å². The Morgan fingerprint density at radius 1 is 0.800 bits per heavy atom. The van der Waals surface area contributed by atoms with Gasteiger partial charge in [0.15, 0.2) is 5.69 Å². The molecule has 0 saturated carbocycles. The fourth-order valence-corrected chi connectivity index (χ4v) is 4.23. The van der Waals surface area contributed by atoms with Crippen molar-refractivity contribution in [2.45, 2.75) is 11.1 Å². The van der Waals surface area contributed by atoms with E-state index in [2.05, 4.69) is 15.7 Å². The molecule has 0 atom stereocenters. The van der Waals surface area contributed by atoms with E-state index in [1.54, 1.807) is 62.6 Å². The fourth-order valence-electron chi connectivity index (χ4n) is 3.72. The van der Waals surface area contributed by atoms with E-state index in [0.29, 0.717) is 16.8 Å². The number of hydrogen-bond donors (Lipinski definition) is 3. The third-order valence-corrected chi connectivity index (χ3v) is 6.40. The Morgan fingerprint density at radius 2 is 1.29 bits per heavy atom. The second-order valence-electron chi connectivity index (χ2n) is 7.68. The summed E-state index contributed by atoms with van der Waals surface area (Å²) in [7, 11) is -0.534. The van der Waals surface area contributed by atoms with Crippen molar-refractivity contribution in [3.05, 3.63) is 78.5 Å². The Hall–Kier alpha value is -3.83. The molecule has 35 heavy (non-hydrogen) atoms. The highest BCUT2D eigenvalue weighted by Crippen LogP contribution is 2.43. The zero-order valence-corrected chi connectivity index (χ0v) is 19.6. The van der Waals surface area contributed by atoms with Crippen molar-refractivity contribution in [2.24, 2.45) is 5.14 Å². The first-order chi connectivity index (χ1) is 16.5. The van der Waals surface area contributed by atoms with Gasteiger partial charge in [0.05, 0.1) is 16.3 Å². The quantitative estimate of drug-likeness (QED) is 0.347. The lowest BCUT2D eigenvalue weighted by Crippen LogP contribution is -2.11. The molecule has 0 spiro atoms. The number of nitrogens with zero attached hydrogens (tertiary/aromatic N) is 2. The van der Waals surface area contributed by atoms with Gasteiger partial charge in [-0.15, -0.1) is 0 Å². The molecule has 0 aliphatic carbocycles. The molecule has 7 nitrogen and oxygen atoms in total. The molecule has 0 bridgehead atoms. The number of nitrogens with two attached hydrogens (primary N) is 1. The Labute approximate surface area is 200 Å². The normalized spacial score (nSPS) is 11.9. The van der Waals surface area contributed by atoms with Crippen molar-refractivity contribution in [2.75, 3.05) is 24.7 Å². The molecule has 182 valence electrons. The highest BCUT2D eigenvalue weighted by Gasteiger charge is 2.40. The molecule has 0 unspecified atom stereocenters. The lowest BCUT2D eigenvalue weighted by Gasteiger charge is -2.13. The van der Waals surface area contributed by atoms with Crippen molar-refractivity contribution in [3.8, 4) is 28.1 Å². The molecule has 0 fully saturated rings. The van der Waals surface area contributed by atoms with Crippen LogP contribution in [0, 0.1) is 0 Å². The van der Waals surface area contributed by atoms with E-state index in [-0.39, 0.29) is 16.2 Å². The van der Waals surface area contributed by atoms with Gasteiger partial charge in [-0.2, -0.15) is 18.3 Å². The lowest BCUT2D eigenvalue weighted by molar-refractivity contribution is -0.140. The molecule has 1 aromatic heterocycles. The van der Waals surface area contributed by atoms with Crippen LogP contribution in [-0.4, -0.2) is 32.3 Å². The molecule has 4 rings (SSSR count). The van der Waals surface area contributed by atoms with Crippen LogP contribution in [0.1, 0.15) is 5.69 Å². The van der Waals surface area contributed by atoms with Crippen LogP contribution in [0.4, 0.5) is 24.5 Å². The standard InChI is InChI=1S/C24H22F3N5O2S/c1-29-17-7-3-15(4-8-17)21-22(16-5-13-20(14-6-16)35(28,33)34)32(31-23(21)24(25,26)27)19-11-9-18(30-2)10-12-19/h3-14,29-30H,1-2H3,(H2,28,33,34). The van der Waals surface area contributed by atoms with E-state index in [1.165, 1.54) is 28.9 Å². The van der Waals surface area contributed by atoms with Gasteiger partial charge in [0.25, 0.3) is 0 Å². The number of hydrogen-bond acceptors (Lipinski definition) is 5. The van der Waals surface area contributed by atoms with Crippen molar-refractivity contribution in [1.29, 1.82) is 0 Å². The lowest BCUT2D eigenvalue weighted by atomic mass is 9.98. The molecule has 4 N–H and O–H groups in total. The largest absolute Gasteiger partial charge is 0.435 e. The second-order valence-corrected chi connectivity index (χ2v) is 9.24. The van der Waals surface area contributed by atoms with Gasteiger partial charge < -0.3 is 10.6 Å². The molecule has 3 aromatic carbocycles. The number of aromatic nitrogens is 2. The molecule has 0 aliphatic heterocycles. The molecule has 0 saturated heterocycles. The Morgan fingerprint density at radius 3 is 1.74 bits per heavy atom. The fraction of sp³-hybridized carbons (Fsp3) is 0.125. The number of rotatable bonds is 6. The summed E-state index contributed by atoms with van der Waals surface area (Å²) in [6, 6.07) is 18.6. The first kappa shape index (κ1) is 24.3. The molecule has 0 aliphatic rings. The van der Waals surface area contributed by atoms with Gasteiger partial charge in [-0.3, -0.25) is 0 Å². The molecule has 1 heterocycles. The average molecular weight is 502 g/mol. The van der Waals surface area contributed by atoms with Crippen LogP contribution in [0.15, 0.2) is 77.7 Å². The summed E-state index contributed by atoms with van der Waals surface area (Å²) < 4.78 is 67.4. The number of primary sulfonamides is 1. The summed E-state index contributed by atoms with van der Waals surface area (Å²) in [6.45, 7) is 0. The number of nitrogens with one attached hydrogen (secondary N) is 2. The highest BCUT2D eigenvalue weighted by atomic mass is 32.2. The topological polar surface area (TPSA) is 102 Å². The van der Waals surface area contributed by atoms with E-state index >= 15 is 0 Å². The van der Waals surface area contributed by atoms with Crippen LogP contribution >= 0.6 is 0 Å². The Bertz CT molecular complexity index is 1450. The average Bonchev–Trinajstić information content (AvgIpc) is 3.25. The van der Waals surface area contributed by atoms with E-state index in [9.17, 15) is 21.6 Å². The van der Waals surface area contributed by atoms with Crippen LogP contribution in [0.5, 0.6) is 0 Å². The van der Waals surface area contributed by atoms with Gasteiger partial charge >= 0.3 is 6.18 Å². The predicted octanol–water partition coefficient (Wildman–Crippen LogP) is 4.96. The maximum absolute atomic E-state index is 14.2. The molecular formula is C24H22F3N5O2S.